The van der Waals surface area contributed by atoms with Crippen LogP contribution in [0.4, 0.5) is 5.69 Å². The van der Waals surface area contributed by atoms with E-state index in [0.29, 0.717) is 11.1 Å². The highest BCUT2D eigenvalue weighted by atomic mass is 32.2. The molecule has 0 fully saturated rings. The van der Waals surface area contributed by atoms with Crippen LogP contribution in [0, 0.1) is 10.1 Å². The molecule has 0 N–H and O–H groups in total. The van der Waals surface area contributed by atoms with Gasteiger partial charge in [0.25, 0.3) is 15.7 Å². The summed E-state index contributed by atoms with van der Waals surface area (Å²) in [4.78, 5) is 27.3. The summed E-state index contributed by atoms with van der Waals surface area (Å²) in [6.07, 6.45) is 4.91. The van der Waals surface area contributed by atoms with Gasteiger partial charge in [0, 0.05) is 31.8 Å². The molecule has 0 spiro atoms. The maximum absolute atomic E-state index is 13.1. The Morgan fingerprint density at radius 3 is 2.54 bits per heavy atom. The Kier molecular flexibility index (Phi) is 8.45. The van der Waals surface area contributed by atoms with Crippen molar-refractivity contribution in [2.24, 2.45) is 0 Å². The predicted octanol–water partition coefficient (Wildman–Crippen LogP) is 3.96. The van der Waals surface area contributed by atoms with Crippen molar-refractivity contribution >= 4 is 33.8 Å². The molecule has 3 rings (SSSR count). The largest absolute Gasteiger partial charge is 0.465 e. The average Bonchev–Trinajstić information content (AvgIpc) is 2.87. The van der Waals surface area contributed by atoms with Gasteiger partial charge in [-0.05, 0) is 35.7 Å². The molecule has 0 amide bonds. The summed E-state index contributed by atoms with van der Waals surface area (Å²) in [6.45, 7) is 1.75. The van der Waals surface area contributed by atoms with E-state index in [2.05, 4.69) is 4.98 Å². The number of nitro benzene ring substituents is 1. The zero-order valence-electron chi connectivity index (χ0n) is 19.3. The van der Waals surface area contributed by atoms with Gasteiger partial charge in [-0.1, -0.05) is 54.6 Å². The number of benzene rings is 2. The standard InChI is InChI=1S/C25H25N3O6S/c1-3-34-25(29)23(27(2)35(32,33)24-13-6-7-16-26-24)18-21-11-5-4-10-20(21)15-14-19-9-8-12-22(17-19)28(30)31/h4-17,23H,3,18H2,1-2H3/b15-14+/t23-/m0/s1. The van der Waals surface area contributed by atoms with Gasteiger partial charge < -0.3 is 4.74 Å². The van der Waals surface area contributed by atoms with Crippen molar-refractivity contribution in [1.29, 1.82) is 0 Å². The molecule has 0 saturated heterocycles. The number of carbonyl (C=O) groups excluding carboxylic acids is 1. The van der Waals surface area contributed by atoms with Gasteiger partial charge in [-0.15, -0.1) is 0 Å². The highest BCUT2D eigenvalue weighted by Crippen LogP contribution is 2.22. The Morgan fingerprint density at radius 2 is 1.86 bits per heavy atom. The first-order chi connectivity index (χ1) is 16.7. The molecule has 0 aliphatic carbocycles. The monoisotopic (exact) mass is 495 g/mol. The van der Waals surface area contributed by atoms with Crippen molar-refractivity contribution in [1.82, 2.24) is 9.29 Å². The Hall–Kier alpha value is -3.89. The highest BCUT2D eigenvalue weighted by Gasteiger charge is 2.35. The number of carbonyl (C=O) groups is 1. The van der Waals surface area contributed by atoms with Crippen LogP contribution >= 0.6 is 0 Å². The lowest BCUT2D eigenvalue weighted by atomic mass is 9.99. The number of aromatic nitrogens is 1. The minimum atomic E-state index is -4.06. The van der Waals surface area contributed by atoms with E-state index in [-0.39, 0.29) is 23.7 Å². The third-order valence-electron chi connectivity index (χ3n) is 5.28. The van der Waals surface area contributed by atoms with Crippen molar-refractivity contribution in [2.45, 2.75) is 24.4 Å². The second-order valence-corrected chi connectivity index (χ2v) is 9.49. The van der Waals surface area contributed by atoms with Gasteiger partial charge in [-0.3, -0.25) is 14.9 Å². The number of nitro groups is 1. The summed E-state index contributed by atoms with van der Waals surface area (Å²) in [7, 11) is -2.74. The van der Waals surface area contributed by atoms with Crippen molar-refractivity contribution in [3.8, 4) is 0 Å². The van der Waals surface area contributed by atoms with E-state index in [9.17, 15) is 23.3 Å². The molecule has 35 heavy (non-hydrogen) atoms. The lowest BCUT2D eigenvalue weighted by Gasteiger charge is -2.26. The van der Waals surface area contributed by atoms with Crippen molar-refractivity contribution in [2.75, 3.05) is 13.7 Å². The minimum Gasteiger partial charge on any atom is -0.465 e. The lowest BCUT2D eigenvalue weighted by molar-refractivity contribution is -0.384. The van der Waals surface area contributed by atoms with E-state index in [1.54, 1.807) is 55.5 Å². The first kappa shape index (κ1) is 25.7. The molecule has 0 aliphatic heterocycles. The fraction of sp³-hybridized carbons (Fsp3) is 0.200. The van der Waals surface area contributed by atoms with E-state index in [0.717, 1.165) is 9.87 Å². The number of nitrogens with zero attached hydrogens (tertiary/aromatic N) is 3. The first-order valence-corrected chi connectivity index (χ1v) is 12.2. The molecule has 9 nitrogen and oxygen atoms in total. The zero-order valence-corrected chi connectivity index (χ0v) is 20.1. The predicted molar refractivity (Wildman–Crippen MR) is 132 cm³/mol. The van der Waals surface area contributed by atoms with Crippen molar-refractivity contribution in [3.05, 3.63) is 99.7 Å². The number of pyridine rings is 1. The maximum atomic E-state index is 13.1. The van der Waals surface area contributed by atoms with Gasteiger partial charge >= 0.3 is 5.97 Å². The van der Waals surface area contributed by atoms with Crippen LogP contribution in [0.3, 0.4) is 0 Å². The molecule has 1 aromatic heterocycles. The van der Waals surface area contributed by atoms with E-state index in [1.165, 1.54) is 31.4 Å². The van der Waals surface area contributed by atoms with Gasteiger partial charge in [-0.25, -0.2) is 13.4 Å². The summed E-state index contributed by atoms with van der Waals surface area (Å²) in [5.74, 6) is -0.674. The fourth-order valence-electron chi connectivity index (χ4n) is 3.43. The first-order valence-electron chi connectivity index (χ1n) is 10.8. The normalized spacial score (nSPS) is 12.5. The number of hydrogen-bond acceptors (Lipinski definition) is 7. The van der Waals surface area contributed by atoms with Crippen LogP contribution in [0.15, 0.2) is 78.0 Å². The van der Waals surface area contributed by atoms with Gasteiger partial charge in [0.05, 0.1) is 11.5 Å². The molecule has 1 heterocycles. The number of likely N-dealkylation sites (N-methyl/N-ethyl adjacent to an activating group) is 1. The van der Waals surface area contributed by atoms with Crippen LogP contribution in [-0.2, 0) is 26.0 Å². The van der Waals surface area contributed by atoms with E-state index < -0.39 is 27.0 Å². The molecule has 0 unspecified atom stereocenters. The Labute approximate surface area is 203 Å². The summed E-state index contributed by atoms with van der Waals surface area (Å²) >= 11 is 0. The molecule has 182 valence electrons. The van der Waals surface area contributed by atoms with Crippen LogP contribution < -0.4 is 0 Å². The summed E-state index contributed by atoms with van der Waals surface area (Å²) < 4.78 is 32.4. The van der Waals surface area contributed by atoms with Gasteiger partial charge in [-0.2, -0.15) is 4.31 Å². The molecule has 1 atom stereocenters. The number of rotatable bonds is 10. The van der Waals surface area contributed by atoms with Gasteiger partial charge in [0.15, 0.2) is 5.03 Å². The summed E-state index contributed by atoms with van der Waals surface area (Å²) in [5.41, 5.74) is 2.04. The fourth-order valence-corrected chi connectivity index (χ4v) is 4.67. The van der Waals surface area contributed by atoms with Crippen LogP contribution in [-0.4, -0.2) is 48.3 Å². The second-order valence-electron chi connectivity index (χ2n) is 7.55. The van der Waals surface area contributed by atoms with Crippen molar-refractivity contribution < 1.29 is 22.9 Å². The van der Waals surface area contributed by atoms with Gasteiger partial charge in [0.1, 0.15) is 6.04 Å². The number of ether oxygens (including phenoxy) is 1. The van der Waals surface area contributed by atoms with Gasteiger partial charge in [0.2, 0.25) is 0 Å². The average molecular weight is 496 g/mol. The topological polar surface area (TPSA) is 120 Å². The van der Waals surface area contributed by atoms with Crippen LogP contribution in [0.5, 0.6) is 0 Å². The Morgan fingerprint density at radius 1 is 1.11 bits per heavy atom. The van der Waals surface area contributed by atoms with E-state index in [1.807, 2.05) is 12.1 Å². The molecule has 10 heteroatoms. The summed E-state index contributed by atoms with van der Waals surface area (Å²) in [5, 5.41) is 10.9. The number of esters is 1. The molecule has 0 aliphatic rings. The molecule has 0 radical (unpaired) electrons. The third kappa shape index (κ3) is 6.37. The smallest absolute Gasteiger partial charge is 0.324 e. The second kappa shape index (κ2) is 11.5. The number of non-ortho nitro benzene ring substituents is 1. The molecular formula is C25H25N3O6S. The van der Waals surface area contributed by atoms with Crippen LogP contribution in [0.2, 0.25) is 0 Å². The number of hydrogen-bond donors (Lipinski definition) is 0. The molecule has 0 bridgehead atoms. The molecule has 0 saturated carbocycles. The zero-order chi connectivity index (χ0) is 25.4. The van der Waals surface area contributed by atoms with E-state index in [4.69, 9.17) is 4.74 Å². The molecule has 3 aromatic rings. The molecule has 2 aromatic carbocycles. The van der Waals surface area contributed by atoms with Crippen LogP contribution in [0.1, 0.15) is 23.6 Å². The van der Waals surface area contributed by atoms with E-state index >= 15 is 0 Å². The maximum Gasteiger partial charge on any atom is 0.324 e. The van der Waals surface area contributed by atoms with Crippen molar-refractivity contribution in [3.63, 3.8) is 0 Å². The highest BCUT2D eigenvalue weighted by molar-refractivity contribution is 7.89. The molecular weight excluding hydrogens is 470 g/mol. The number of sulfonamides is 1. The Balaban J connectivity index is 1.94. The minimum absolute atomic E-state index is 0.0239. The third-order valence-corrected chi connectivity index (χ3v) is 7.07. The SMILES string of the molecule is CCOC(=O)[C@H](Cc1ccccc1/C=C/c1cccc([N+](=O)[O-])c1)N(C)S(=O)(=O)c1ccccn1. The quantitative estimate of drug-likeness (QED) is 0.181. The summed E-state index contributed by atoms with van der Waals surface area (Å²) in [6, 6.07) is 16.8. The van der Waals surface area contributed by atoms with Crippen LogP contribution in [0.25, 0.3) is 12.2 Å². The Bertz CT molecular complexity index is 1330. The lowest BCUT2D eigenvalue weighted by Crippen LogP contribution is -2.45.